The molecule has 0 saturated carbocycles. The highest BCUT2D eigenvalue weighted by molar-refractivity contribution is 5.53. The molecular formula is C14H9F3N2O5. The van der Waals surface area contributed by atoms with Gasteiger partial charge in [-0.15, -0.1) is 0 Å². The van der Waals surface area contributed by atoms with Crippen LogP contribution in [0.25, 0.3) is 0 Å². The van der Waals surface area contributed by atoms with Crippen LogP contribution < -0.4 is 4.74 Å². The Balaban J connectivity index is 2.45. The van der Waals surface area contributed by atoms with Crippen molar-refractivity contribution in [2.75, 3.05) is 0 Å². The average Bonchev–Trinajstić information content (AvgIpc) is 2.48. The second-order valence-corrected chi connectivity index (χ2v) is 4.74. The molecule has 2 aromatic carbocycles. The standard InChI is InChI=1S/C14H9F3N2O5/c1-8-2-4-10(7-11(8)18(20)21)24-13-5-3-9(14(15,16)17)6-12(13)19(22)23/h2-7H,1H3. The van der Waals surface area contributed by atoms with Gasteiger partial charge in [0.25, 0.3) is 5.69 Å². The SMILES string of the molecule is Cc1ccc(Oc2ccc(C(F)(F)F)cc2[N+](=O)[O-])cc1[N+](=O)[O-]. The van der Waals surface area contributed by atoms with E-state index >= 15 is 0 Å². The molecule has 0 aliphatic heterocycles. The van der Waals surface area contributed by atoms with Crippen LogP contribution in [0.5, 0.6) is 11.5 Å². The zero-order valence-electron chi connectivity index (χ0n) is 12.0. The molecule has 24 heavy (non-hydrogen) atoms. The Hall–Kier alpha value is -3.17. The lowest BCUT2D eigenvalue weighted by atomic mass is 10.1. The van der Waals surface area contributed by atoms with Gasteiger partial charge in [0.2, 0.25) is 5.75 Å². The molecule has 2 aromatic rings. The topological polar surface area (TPSA) is 95.5 Å². The lowest BCUT2D eigenvalue weighted by Crippen LogP contribution is -2.06. The number of nitrogens with zero attached hydrogens (tertiary/aromatic N) is 2. The predicted molar refractivity (Wildman–Crippen MR) is 76.0 cm³/mol. The van der Waals surface area contributed by atoms with Gasteiger partial charge in [0.1, 0.15) is 5.75 Å². The summed E-state index contributed by atoms with van der Waals surface area (Å²) in [7, 11) is 0. The van der Waals surface area contributed by atoms with Crippen molar-refractivity contribution in [2.45, 2.75) is 13.1 Å². The van der Waals surface area contributed by atoms with E-state index in [2.05, 4.69) is 0 Å². The zero-order valence-corrected chi connectivity index (χ0v) is 12.0. The molecule has 7 nitrogen and oxygen atoms in total. The van der Waals surface area contributed by atoms with Gasteiger partial charge in [0.05, 0.1) is 21.5 Å². The smallest absolute Gasteiger partial charge is 0.416 e. The van der Waals surface area contributed by atoms with Crippen molar-refractivity contribution in [3.8, 4) is 11.5 Å². The molecule has 0 aliphatic carbocycles. The maximum Gasteiger partial charge on any atom is 0.416 e. The van der Waals surface area contributed by atoms with Gasteiger partial charge in [0, 0.05) is 11.6 Å². The van der Waals surface area contributed by atoms with E-state index in [1.807, 2.05) is 0 Å². The highest BCUT2D eigenvalue weighted by atomic mass is 19.4. The Morgan fingerprint density at radius 1 is 0.958 bits per heavy atom. The zero-order chi connectivity index (χ0) is 18.1. The first-order valence-corrected chi connectivity index (χ1v) is 6.38. The average molecular weight is 342 g/mol. The van der Waals surface area contributed by atoms with Gasteiger partial charge >= 0.3 is 11.9 Å². The summed E-state index contributed by atoms with van der Waals surface area (Å²) in [5, 5.41) is 21.8. The van der Waals surface area contributed by atoms with E-state index in [4.69, 9.17) is 4.74 Å². The van der Waals surface area contributed by atoms with Crippen molar-refractivity contribution < 1.29 is 27.8 Å². The van der Waals surface area contributed by atoms with Crippen LogP contribution in [0.1, 0.15) is 11.1 Å². The fourth-order valence-corrected chi connectivity index (χ4v) is 1.90. The van der Waals surface area contributed by atoms with Crippen LogP contribution in [0.3, 0.4) is 0 Å². The third-order valence-electron chi connectivity index (χ3n) is 3.09. The maximum absolute atomic E-state index is 12.6. The fraction of sp³-hybridized carbons (Fsp3) is 0.143. The molecule has 126 valence electrons. The molecule has 2 rings (SSSR count). The molecule has 0 amide bonds. The first-order chi connectivity index (χ1) is 11.1. The Labute approximate surface area is 132 Å². The van der Waals surface area contributed by atoms with Crippen molar-refractivity contribution in [2.24, 2.45) is 0 Å². The lowest BCUT2D eigenvalue weighted by molar-refractivity contribution is -0.386. The van der Waals surface area contributed by atoms with Gasteiger partial charge in [-0.3, -0.25) is 20.2 Å². The van der Waals surface area contributed by atoms with Gasteiger partial charge in [-0.05, 0) is 31.2 Å². The summed E-state index contributed by atoms with van der Waals surface area (Å²) in [6.07, 6.45) is -4.74. The van der Waals surface area contributed by atoms with E-state index in [-0.39, 0.29) is 11.4 Å². The normalized spacial score (nSPS) is 11.2. The fourth-order valence-electron chi connectivity index (χ4n) is 1.90. The first kappa shape index (κ1) is 17.2. The summed E-state index contributed by atoms with van der Waals surface area (Å²) in [5.74, 6) is -0.554. The molecule has 0 saturated heterocycles. The minimum Gasteiger partial charge on any atom is -0.450 e. The number of hydrogen-bond donors (Lipinski definition) is 0. The van der Waals surface area contributed by atoms with Gasteiger partial charge in [-0.2, -0.15) is 13.2 Å². The van der Waals surface area contributed by atoms with Crippen LogP contribution in [0.4, 0.5) is 24.5 Å². The minimum absolute atomic E-state index is 0.102. The summed E-state index contributed by atoms with van der Waals surface area (Å²) in [4.78, 5) is 20.2. The van der Waals surface area contributed by atoms with Crippen molar-refractivity contribution in [3.05, 3.63) is 67.8 Å². The van der Waals surface area contributed by atoms with Crippen molar-refractivity contribution in [3.63, 3.8) is 0 Å². The summed E-state index contributed by atoms with van der Waals surface area (Å²) in [6, 6.07) is 5.50. The number of aryl methyl sites for hydroxylation is 1. The lowest BCUT2D eigenvalue weighted by Gasteiger charge is -2.10. The number of alkyl halides is 3. The number of nitro benzene ring substituents is 2. The Kier molecular flexibility index (Phi) is 4.40. The maximum atomic E-state index is 12.6. The molecule has 0 bridgehead atoms. The molecule has 0 fully saturated rings. The minimum atomic E-state index is -4.74. The van der Waals surface area contributed by atoms with Crippen molar-refractivity contribution >= 4 is 11.4 Å². The summed E-state index contributed by atoms with van der Waals surface area (Å²) in [5.41, 5.74) is -2.03. The second kappa shape index (κ2) is 6.14. The highest BCUT2D eigenvalue weighted by Crippen LogP contribution is 2.38. The number of rotatable bonds is 4. The molecule has 0 unspecified atom stereocenters. The number of hydrogen-bond acceptors (Lipinski definition) is 5. The van der Waals surface area contributed by atoms with Crippen LogP contribution in [-0.2, 0) is 6.18 Å². The first-order valence-electron chi connectivity index (χ1n) is 6.38. The summed E-state index contributed by atoms with van der Waals surface area (Å²) >= 11 is 0. The number of ether oxygens (including phenoxy) is 1. The predicted octanol–water partition coefficient (Wildman–Crippen LogP) is 4.62. The van der Waals surface area contributed by atoms with E-state index < -0.39 is 33.0 Å². The quantitative estimate of drug-likeness (QED) is 0.596. The largest absolute Gasteiger partial charge is 0.450 e. The molecule has 0 aliphatic rings. The monoisotopic (exact) mass is 342 g/mol. The number of halogens is 3. The van der Waals surface area contributed by atoms with Crippen molar-refractivity contribution in [1.29, 1.82) is 0 Å². The molecule has 0 atom stereocenters. The van der Waals surface area contributed by atoms with E-state index in [0.29, 0.717) is 17.7 Å². The third kappa shape index (κ3) is 3.59. The van der Waals surface area contributed by atoms with Crippen LogP contribution in [0.15, 0.2) is 36.4 Å². The summed E-state index contributed by atoms with van der Waals surface area (Å²) in [6.45, 7) is 1.49. The Morgan fingerprint density at radius 2 is 1.58 bits per heavy atom. The van der Waals surface area contributed by atoms with Gasteiger partial charge < -0.3 is 4.74 Å². The molecule has 0 spiro atoms. The van der Waals surface area contributed by atoms with Gasteiger partial charge in [0.15, 0.2) is 0 Å². The molecule has 0 aromatic heterocycles. The number of benzene rings is 2. The van der Waals surface area contributed by atoms with Gasteiger partial charge in [-0.25, -0.2) is 0 Å². The van der Waals surface area contributed by atoms with E-state index in [1.165, 1.54) is 19.1 Å². The molecule has 0 radical (unpaired) electrons. The van der Waals surface area contributed by atoms with Crippen LogP contribution in [-0.4, -0.2) is 9.85 Å². The van der Waals surface area contributed by atoms with Crippen LogP contribution in [0.2, 0.25) is 0 Å². The molecule has 0 heterocycles. The van der Waals surface area contributed by atoms with E-state index in [1.54, 1.807) is 0 Å². The Morgan fingerprint density at radius 3 is 2.12 bits per heavy atom. The molecule has 10 heteroatoms. The third-order valence-corrected chi connectivity index (χ3v) is 3.09. The molecule has 0 N–H and O–H groups in total. The van der Waals surface area contributed by atoms with E-state index in [9.17, 15) is 33.4 Å². The summed E-state index contributed by atoms with van der Waals surface area (Å²) < 4.78 is 43.1. The Bertz CT molecular complexity index is 821. The number of nitro groups is 2. The van der Waals surface area contributed by atoms with Crippen LogP contribution in [0, 0.1) is 27.2 Å². The molecular weight excluding hydrogens is 333 g/mol. The van der Waals surface area contributed by atoms with Gasteiger partial charge in [-0.1, -0.05) is 0 Å². The van der Waals surface area contributed by atoms with Crippen molar-refractivity contribution in [1.82, 2.24) is 0 Å². The van der Waals surface area contributed by atoms with E-state index in [0.717, 1.165) is 12.1 Å². The highest BCUT2D eigenvalue weighted by Gasteiger charge is 2.33. The second-order valence-electron chi connectivity index (χ2n) is 4.74. The van der Waals surface area contributed by atoms with Crippen LogP contribution >= 0.6 is 0 Å².